The van der Waals surface area contributed by atoms with Crippen LogP contribution in [-0.2, 0) is 6.61 Å². The Morgan fingerprint density at radius 2 is 1.84 bits per heavy atom. The highest BCUT2D eigenvalue weighted by Gasteiger charge is 2.10. The summed E-state index contributed by atoms with van der Waals surface area (Å²) in [6, 6.07) is 15.6. The van der Waals surface area contributed by atoms with E-state index in [1.807, 2.05) is 61.8 Å². The van der Waals surface area contributed by atoms with Gasteiger partial charge in [0, 0.05) is 39.6 Å². The van der Waals surface area contributed by atoms with Gasteiger partial charge in [-0.3, -0.25) is 9.97 Å². The van der Waals surface area contributed by atoms with Gasteiger partial charge in [-0.2, -0.15) is 0 Å². The van der Waals surface area contributed by atoms with Gasteiger partial charge in [0.1, 0.15) is 18.1 Å². The summed E-state index contributed by atoms with van der Waals surface area (Å²) in [5.74, 6) is 0.758. The number of rotatable bonds is 4. The SMILES string of the molecule is Cc1nccc2c1[nH]c1cc(OCc3cn(-c4ccnc5cc(Cl)ccc45)nn3)ccc12. The van der Waals surface area contributed by atoms with E-state index in [9.17, 15) is 0 Å². The lowest BCUT2D eigenvalue weighted by Gasteiger charge is -2.05. The smallest absolute Gasteiger partial charge is 0.134 e. The molecule has 0 aliphatic carbocycles. The Labute approximate surface area is 187 Å². The average Bonchev–Trinajstić information content (AvgIpc) is 3.42. The minimum atomic E-state index is 0.307. The van der Waals surface area contributed by atoms with Crippen molar-refractivity contribution in [2.24, 2.45) is 0 Å². The molecule has 6 rings (SSSR count). The molecule has 0 atom stereocenters. The fourth-order valence-corrected chi connectivity index (χ4v) is 4.15. The van der Waals surface area contributed by atoms with Crippen LogP contribution in [0.3, 0.4) is 0 Å². The summed E-state index contributed by atoms with van der Waals surface area (Å²) in [4.78, 5) is 12.2. The predicted molar refractivity (Wildman–Crippen MR) is 124 cm³/mol. The van der Waals surface area contributed by atoms with Crippen LogP contribution in [0.15, 0.2) is 67.1 Å². The minimum Gasteiger partial charge on any atom is -0.487 e. The number of hydrogen-bond donors (Lipinski definition) is 1. The van der Waals surface area contributed by atoms with E-state index in [0.717, 1.165) is 55.5 Å². The first kappa shape index (κ1) is 18.8. The van der Waals surface area contributed by atoms with E-state index >= 15 is 0 Å². The second kappa shape index (κ2) is 7.32. The van der Waals surface area contributed by atoms with Gasteiger partial charge in [0.15, 0.2) is 0 Å². The van der Waals surface area contributed by atoms with Crippen LogP contribution in [0.5, 0.6) is 5.75 Å². The zero-order chi connectivity index (χ0) is 21.7. The highest BCUT2D eigenvalue weighted by Crippen LogP contribution is 2.29. The van der Waals surface area contributed by atoms with Crippen molar-refractivity contribution in [3.8, 4) is 11.4 Å². The summed E-state index contributed by atoms with van der Waals surface area (Å²) in [6.45, 7) is 2.31. The number of H-pyrrole nitrogens is 1. The zero-order valence-corrected chi connectivity index (χ0v) is 17.8. The Kier molecular flexibility index (Phi) is 4.29. The molecule has 0 amide bonds. The van der Waals surface area contributed by atoms with Crippen molar-refractivity contribution in [1.82, 2.24) is 29.9 Å². The third-order valence-electron chi connectivity index (χ3n) is 5.54. The van der Waals surface area contributed by atoms with Crippen molar-refractivity contribution in [1.29, 1.82) is 0 Å². The Bertz CT molecular complexity index is 1620. The normalized spacial score (nSPS) is 11.6. The second-order valence-electron chi connectivity index (χ2n) is 7.59. The number of aromatic nitrogens is 6. The molecule has 32 heavy (non-hydrogen) atoms. The van der Waals surface area contributed by atoms with Crippen molar-refractivity contribution < 1.29 is 4.74 Å². The first-order valence-corrected chi connectivity index (χ1v) is 10.5. The number of nitrogens with zero attached hydrogens (tertiary/aromatic N) is 5. The Balaban J connectivity index is 1.26. The fourth-order valence-electron chi connectivity index (χ4n) is 3.98. The lowest BCUT2D eigenvalue weighted by Crippen LogP contribution is -1.97. The van der Waals surface area contributed by atoms with Gasteiger partial charge in [0.2, 0.25) is 0 Å². The molecule has 0 saturated carbocycles. The van der Waals surface area contributed by atoms with Gasteiger partial charge >= 0.3 is 0 Å². The van der Waals surface area contributed by atoms with Crippen molar-refractivity contribution in [3.63, 3.8) is 0 Å². The molecule has 0 saturated heterocycles. The predicted octanol–water partition coefficient (Wildman–Crippen LogP) is 5.39. The van der Waals surface area contributed by atoms with Gasteiger partial charge in [-0.05, 0) is 49.4 Å². The van der Waals surface area contributed by atoms with E-state index in [2.05, 4.69) is 31.3 Å². The van der Waals surface area contributed by atoms with Crippen molar-refractivity contribution >= 4 is 44.3 Å². The summed E-state index contributed by atoms with van der Waals surface area (Å²) in [5.41, 5.74) is 5.45. The molecule has 0 radical (unpaired) electrons. The number of aromatic amines is 1. The highest BCUT2D eigenvalue weighted by atomic mass is 35.5. The van der Waals surface area contributed by atoms with E-state index in [-0.39, 0.29) is 0 Å². The van der Waals surface area contributed by atoms with Crippen LogP contribution in [0.2, 0.25) is 5.02 Å². The van der Waals surface area contributed by atoms with E-state index < -0.39 is 0 Å². The summed E-state index contributed by atoms with van der Waals surface area (Å²) in [7, 11) is 0. The van der Waals surface area contributed by atoms with Crippen LogP contribution in [0.25, 0.3) is 38.4 Å². The third-order valence-corrected chi connectivity index (χ3v) is 5.77. The molecule has 7 nitrogen and oxygen atoms in total. The lowest BCUT2D eigenvalue weighted by atomic mass is 10.1. The molecule has 0 bridgehead atoms. The average molecular weight is 441 g/mol. The maximum atomic E-state index is 6.09. The molecule has 0 aliphatic rings. The molecule has 2 aromatic carbocycles. The number of pyridine rings is 2. The first-order valence-electron chi connectivity index (χ1n) is 10.1. The van der Waals surface area contributed by atoms with Crippen molar-refractivity contribution in [2.75, 3.05) is 0 Å². The first-order chi connectivity index (χ1) is 15.7. The molecule has 4 heterocycles. The van der Waals surface area contributed by atoms with Gasteiger partial charge in [-0.1, -0.05) is 16.8 Å². The van der Waals surface area contributed by atoms with Crippen LogP contribution < -0.4 is 4.74 Å². The van der Waals surface area contributed by atoms with Gasteiger partial charge in [0.05, 0.1) is 34.1 Å². The van der Waals surface area contributed by atoms with E-state index in [1.54, 1.807) is 10.9 Å². The van der Waals surface area contributed by atoms with Gasteiger partial charge in [-0.15, -0.1) is 5.10 Å². The quantitative estimate of drug-likeness (QED) is 0.397. The Morgan fingerprint density at radius 1 is 0.969 bits per heavy atom. The minimum absolute atomic E-state index is 0.307. The van der Waals surface area contributed by atoms with E-state index in [1.165, 1.54) is 0 Å². The zero-order valence-electron chi connectivity index (χ0n) is 17.1. The molecule has 156 valence electrons. The number of nitrogens with one attached hydrogen (secondary N) is 1. The third kappa shape index (κ3) is 3.14. The monoisotopic (exact) mass is 440 g/mol. The van der Waals surface area contributed by atoms with Gasteiger partial charge in [-0.25, -0.2) is 4.68 Å². The standard InChI is InChI=1S/C24H17ClN6O/c1-14-24-19(6-8-26-14)18-5-3-17(11-22(18)28-24)32-13-16-12-31(30-29-16)23-7-9-27-21-10-15(25)2-4-20(21)23/h2-12,28H,13H2,1H3. The number of benzene rings is 2. The molecule has 0 unspecified atom stereocenters. The molecule has 8 heteroatoms. The number of aryl methyl sites for hydroxylation is 1. The number of fused-ring (bicyclic) bond motifs is 4. The molecular weight excluding hydrogens is 424 g/mol. The van der Waals surface area contributed by atoms with Crippen LogP contribution in [0.4, 0.5) is 0 Å². The van der Waals surface area contributed by atoms with Crippen molar-refractivity contribution in [3.05, 3.63) is 83.5 Å². The van der Waals surface area contributed by atoms with Crippen LogP contribution in [0.1, 0.15) is 11.4 Å². The van der Waals surface area contributed by atoms with Gasteiger partial charge < -0.3 is 9.72 Å². The number of halogens is 1. The van der Waals surface area contributed by atoms with E-state index in [4.69, 9.17) is 16.3 Å². The molecule has 4 aromatic heterocycles. The maximum Gasteiger partial charge on any atom is 0.134 e. The van der Waals surface area contributed by atoms with Gasteiger partial charge in [0.25, 0.3) is 0 Å². The molecule has 0 fully saturated rings. The molecule has 1 N–H and O–H groups in total. The number of hydrogen-bond acceptors (Lipinski definition) is 5. The molecular formula is C24H17ClN6O. The number of ether oxygens (including phenoxy) is 1. The summed E-state index contributed by atoms with van der Waals surface area (Å²) < 4.78 is 7.73. The highest BCUT2D eigenvalue weighted by molar-refractivity contribution is 6.31. The summed E-state index contributed by atoms with van der Waals surface area (Å²) in [5, 5.41) is 12.4. The summed E-state index contributed by atoms with van der Waals surface area (Å²) >= 11 is 6.09. The lowest BCUT2D eigenvalue weighted by molar-refractivity contribution is 0.301. The second-order valence-corrected chi connectivity index (χ2v) is 8.02. The summed E-state index contributed by atoms with van der Waals surface area (Å²) in [6.07, 6.45) is 5.43. The topological polar surface area (TPSA) is 81.5 Å². The molecule has 0 spiro atoms. The van der Waals surface area contributed by atoms with E-state index in [0.29, 0.717) is 11.6 Å². The largest absolute Gasteiger partial charge is 0.487 e. The van der Waals surface area contributed by atoms with Crippen LogP contribution in [0, 0.1) is 6.92 Å². The molecule has 6 aromatic rings. The Hall–Kier alpha value is -3.97. The molecule has 0 aliphatic heterocycles. The van der Waals surface area contributed by atoms with Crippen LogP contribution in [-0.4, -0.2) is 29.9 Å². The Morgan fingerprint density at radius 3 is 2.78 bits per heavy atom. The fraction of sp³-hybridized carbons (Fsp3) is 0.0833. The van der Waals surface area contributed by atoms with Crippen molar-refractivity contribution in [2.45, 2.75) is 13.5 Å². The maximum absolute atomic E-state index is 6.09. The van der Waals surface area contributed by atoms with Crippen LogP contribution >= 0.6 is 11.6 Å².